The van der Waals surface area contributed by atoms with E-state index in [2.05, 4.69) is 11.8 Å². The van der Waals surface area contributed by atoms with Crippen molar-refractivity contribution in [1.29, 1.82) is 0 Å². The monoisotopic (exact) mass is 223 g/mol. The fourth-order valence-electron chi connectivity index (χ4n) is 2.05. The molecule has 3 nitrogen and oxygen atoms in total. The quantitative estimate of drug-likeness (QED) is 0.706. The maximum Gasteiger partial charge on any atom is 0.488 e. The lowest BCUT2D eigenvalue weighted by Crippen LogP contribution is -2.44. The molecule has 0 amide bonds. The Kier molecular flexibility index (Phi) is 3.28. The molecular formula is C11H15BFNO2. The summed E-state index contributed by atoms with van der Waals surface area (Å²) in [5.74, 6) is 0.326. The Bertz CT molecular complexity index is 380. The molecule has 1 heterocycles. The van der Waals surface area contributed by atoms with Crippen molar-refractivity contribution in [2.24, 2.45) is 5.92 Å². The molecule has 16 heavy (non-hydrogen) atoms. The number of benzene rings is 1. The molecule has 0 bridgehead atoms. The summed E-state index contributed by atoms with van der Waals surface area (Å²) in [6.07, 6.45) is 0. The Labute approximate surface area is 94.7 Å². The second kappa shape index (κ2) is 4.53. The minimum Gasteiger partial charge on any atom is -0.423 e. The van der Waals surface area contributed by atoms with Crippen LogP contribution >= 0.6 is 0 Å². The van der Waals surface area contributed by atoms with E-state index in [1.807, 2.05) is 0 Å². The van der Waals surface area contributed by atoms with Gasteiger partial charge in [0.2, 0.25) is 0 Å². The molecule has 2 N–H and O–H groups in total. The third kappa shape index (κ3) is 2.43. The van der Waals surface area contributed by atoms with Gasteiger partial charge in [-0.2, -0.15) is 0 Å². The number of hydrogen-bond acceptors (Lipinski definition) is 3. The van der Waals surface area contributed by atoms with Crippen molar-refractivity contribution in [2.45, 2.75) is 13.5 Å². The van der Waals surface area contributed by atoms with Gasteiger partial charge in [0.25, 0.3) is 0 Å². The minimum absolute atomic E-state index is 0.193. The van der Waals surface area contributed by atoms with Crippen LogP contribution in [0.3, 0.4) is 0 Å². The number of halogens is 1. The highest BCUT2D eigenvalue weighted by atomic mass is 19.1. The average molecular weight is 223 g/mol. The molecule has 1 aliphatic heterocycles. The number of likely N-dealkylation sites (tertiary alicyclic amines) is 1. The molecule has 1 saturated heterocycles. The van der Waals surface area contributed by atoms with E-state index in [-0.39, 0.29) is 11.3 Å². The molecule has 0 radical (unpaired) electrons. The summed E-state index contributed by atoms with van der Waals surface area (Å²) in [6, 6.07) is 4.35. The van der Waals surface area contributed by atoms with Gasteiger partial charge in [-0.1, -0.05) is 19.1 Å². The molecule has 0 aromatic heterocycles. The van der Waals surface area contributed by atoms with Crippen LogP contribution in [0.15, 0.2) is 18.2 Å². The summed E-state index contributed by atoms with van der Waals surface area (Å²) in [6.45, 7) is 4.77. The molecule has 0 atom stereocenters. The molecule has 86 valence electrons. The summed E-state index contributed by atoms with van der Waals surface area (Å²) < 4.78 is 13.6. The SMILES string of the molecule is CC1CN(Cc2ccc(B(O)O)cc2F)C1. The van der Waals surface area contributed by atoms with Crippen molar-refractivity contribution >= 4 is 12.6 Å². The maximum atomic E-state index is 13.6. The minimum atomic E-state index is -1.60. The van der Waals surface area contributed by atoms with Crippen LogP contribution in [0.2, 0.25) is 0 Å². The smallest absolute Gasteiger partial charge is 0.423 e. The van der Waals surface area contributed by atoms with Crippen LogP contribution in [0.5, 0.6) is 0 Å². The third-order valence-corrected chi connectivity index (χ3v) is 2.91. The van der Waals surface area contributed by atoms with Gasteiger partial charge in [-0.3, -0.25) is 4.90 Å². The van der Waals surface area contributed by atoms with E-state index in [4.69, 9.17) is 10.0 Å². The van der Waals surface area contributed by atoms with Crippen molar-refractivity contribution in [2.75, 3.05) is 13.1 Å². The van der Waals surface area contributed by atoms with Crippen LogP contribution in [0.25, 0.3) is 0 Å². The Hall–Kier alpha value is -0.905. The summed E-state index contributed by atoms with van der Waals surface area (Å²) >= 11 is 0. The number of rotatable bonds is 3. The van der Waals surface area contributed by atoms with Gasteiger partial charge in [0, 0.05) is 25.2 Å². The predicted octanol–water partition coefficient (Wildman–Crippen LogP) is -0.0428. The normalized spacial score (nSPS) is 17.2. The molecule has 0 unspecified atom stereocenters. The Morgan fingerprint density at radius 3 is 2.62 bits per heavy atom. The third-order valence-electron chi connectivity index (χ3n) is 2.91. The van der Waals surface area contributed by atoms with E-state index >= 15 is 0 Å². The molecule has 1 aromatic rings. The largest absolute Gasteiger partial charge is 0.488 e. The van der Waals surface area contributed by atoms with Crippen molar-refractivity contribution in [3.63, 3.8) is 0 Å². The molecule has 2 rings (SSSR count). The number of nitrogens with zero attached hydrogens (tertiary/aromatic N) is 1. The van der Waals surface area contributed by atoms with Gasteiger partial charge < -0.3 is 10.0 Å². The highest BCUT2D eigenvalue weighted by molar-refractivity contribution is 6.58. The van der Waals surface area contributed by atoms with Crippen LogP contribution in [-0.2, 0) is 6.54 Å². The summed E-state index contributed by atoms with van der Waals surface area (Å²) in [7, 11) is -1.60. The highest BCUT2D eigenvalue weighted by Crippen LogP contribution is 2.18. The van der Waals surface area contributed by atoms with E-state index in [9.17, 15) is 4.39 Å². The summed E-state index contributed by atoms with van der Waals surface area (Å²) in [5.41, 5.74) is 0.800. The molecule has 0 aliphatic carbocycles. The van der Waals surface area contributed by atoms with Crippen molar-refractivity contribution in [3.8, 4) is 0 Å². The second-order valence-corrected chi connectivity index (χ2v) is 4.52. The molecule has 0 spiro atoms. The fourth-order valence-corrected chi connectivity index (χ4v) is 2.05. The molecular weight excluding hydrogens is 208 g/mol. The van der Waals surface area contributed by atoms with E-state index in [1.54, 1.807) is 12.1 Å². The lowest BCUT2D eigenvalue weighted by molar-refractivity contribution is 0.103. The van der Waals surface area contributed by atoms with Crippen molar-refractivity contribution in [3.05, 3.63) is 29.6 Å². The fraction of sp³-hybridized carbons (Fsp3) is 0.455. The molecule has 1 fully saturated rings. The number of hydrogen-bond donors (Lipinski definition) is 2. The first-order chi connectivity index (χ1) is 7.56. The molecule has 1 aliphatic rings. The van der Waals surface area contributed by atoms with Crippen LogP contribution in [-0.4, -0.2) is 35.2 Å². The standard InChI is InChI=1S/C11H15BFNO2/c1-8-5-14(6-8)7-9-2-3-10(12(15)16)4-11(9)13/h2-4,8,15-16H,5-7H2,1H3. The Morgan fingerprint density at radius 1 is 1.44 bits per heavy atom. The van der Waals surface area contributed by atoms with E-state index in [0.29, 0.717) is 18.0 Å². The first-order valence-corrected chi connectivity index (χ1v) is 5.43. The van der Waals surface area contributed by atoms with Gasteiger partial charge in [-0.25, -0.2) is 4.39 Å². The maximum absolute atomic E-state index is 13.6. The lowest BCUT2D eigenvalue weighted by atomic mass is 9.80. The van der Waals surface area contributed by atoms with Gasteiger partial charge in [0.05, 0.1) is 0 Å². The second-order valence-electron chi connectivity index (χ2n) is 4.52. The van der Waals surface area contributed by atoms with Crippen LogP contribution < -0.4 is 5.46 Å². The summed E-state index contributed by atoms with van der Waals surface area (Å²) in [5, 5.41) is 17.8. The van der Waals surface area contributed by atoms with Crippen molar-refractivity contribution < 1.29 is 14.4 Å². The average Bonchev–Trinajstić information content (AvgIpc) is 2.18. The van der Waals surface area contributed by atoms with Crippen molar-refractivity contribution in [1.82, 2.24) is 4.90 Å². The lowest BCUT2D eigenvalue weighted by Gasteiger charge is -2.37. The predicted molar refractivity (Wildman–Crippen MR) is 60.7 cm³/mol. The van der Waals surface area contributed by atoms with Crippen LogP contribution in [0.4, 0.5) is 4.39 Å². The van der Waals surface area contributed by atoms with Gasteiger partial charge in [0.15, 0.2) is 0 Å². The van der Waals surface area contributed by atoms with Gasteiger partial charge in [0.1, 0.15) is 5.82 Å². The van der Waals surface area contributed by atoms with Crippen LogP contribution in [0.1, 0.15) is 12.5 Å². The van der Waals surface area contributed by atoms with Gasteiger partial charge in [-0.05, 0) is 17.4 Å². The zero-order valence-corrected chi connectivity index (χ0v) is 9.23. The zero-order valence-electron chi connectivity index (χ0n) is 9.23. The first kappa shape index (κ1) is 11.6. The van der Waals surface area contributed by atoms with E-state index in [1.165, 1.54) is 6.07 Å². The summed E-state index contributed by atoms with van der Waals surface area (Å²) in [4.78, 5) is 2.16. The van der Waals surface area contributed by atoms with E-state index in [0.717, 1.165) is 13.1 Å². The Morgan fingerprint density at radius 2 is 2.12 bits per heavy atom. The molecule has 5 heteroatoms. The van der Waals surface area contributed by atoms with Crippen LogP contribution in [0, 0.1) is 11.7 Å². The molecule has 0 saturated carbocycles. The first-order valence-electron chi connectivity index (χ1n) is 5.43. The highest BCUT2D eigenvalue weighted by Gasteiger charge is 2.23. The van der Waals surface area contributed by atoms with Gasteiger partial charge in [-0.15, -0.1) is 0 Å². The Balaban J connectivity index is 2.05. The topological polar surface area (TPSA) is 43.7 Å². The van der Waals surface area contributed by atoms with E-state index < -0.39 is 7.12 Å². The van der Waals surface area contributed by atoms with Gasteiger partial charge >= 0.3 is 7.12 Å². The molecule has 1 aromatic carbocycles. The zero-order chi connectivity index (χ0) is 11.7.